The van der Waals surface area contributed by atoms with E-state index in [9.17, 15) is 4.79 Å². The van der Waals surface area contributed by atoms with E-state index in [4.69, 9.17) is 11.6 Å². The van der Waals surface area contributed by atoms with Gasteiger partial charge in [-0.25, -0.2) is 9.97 Å². The van der Waals surface area contributed by atoms with Crippen LogP contribution in [0.1, 0.15) is 5.56 Å². The molecule has 0 N–H and O–H groups in total. The Morgan fingerprint density at radius 3 is 2.80 bits per heavy atom. The molecule has 0 unspecified atom stereocenters. The van der Waals surface area contributed by atoms with Crippen LogP contribution in [0.3, 0.4) is 0 Å². The van der Waals surface area contributed by atoms with Gasteiger partial charge in [-0.1, -0.05) is 29.8 Å². The summed E-state index contributed by atoms with van der Waals surface area (Å²) in [7, 11) is 0. The maximum absolute atomic E-state index is 12.6. The molecule has 0 aliphatic heterocycles. The number of thioether (sulfide) groups is 1. The van der Waals surface area contributed by atoms with Crippen molar-refractivity contribution in [3.8, 4) is 0 Å². The molecule has 0 saturated carbocycles. The maximum atomic E-state index is 12.6. The van der Waals surface area contributed by atoms with Gasteiger partial charge in [-0.3, -0.25) is 9.36 Å². The lowest BCUT2D eigenvalue weighted by molar-refractivity contribution is 0.747. The molecule has 0 amide bonds. The number of aromatic nitrogens is 3. The number of rotatable bonds is 3. The Bertz CT molecular complexity index is 1160. The van der Waals surface area contributed by atoms with Gasteiger partial charge in [0.1, 0.15) is 5.15 Å². The van der Waals surface area contributed by atoms with Crippen LogP contribution in [0.5, 0.6) is 0 Å². The molecule has 0 atom stereocenters. The second kappa shape index (κ2) is 6.50. The van der Waals surface area contributed by atoms with Gasteiger partial charge in [0.05, 0.1) is 29.3 Å². The van der Waals surface area contributed by atoms with Crippen molar-refractivity contribution in [1.82, 2.24) is 14.5 Å². The lowest BCUT2D eigenvalue weighted by atomic mass is 10.1. The third kappa shape index (κ3) is 3.01. The van der Waals surface area contributed by atoms with Gasteiger partial charge in [-0.15, -0.1) is 11.8 Å². The van der Waals surface area contributed by atoms with E-state index in [1.54, 1.807) is 28.7 Å². The normalized spacial score (nSPS) is 11.3. The van der Waals surface area contributed by atoms with E-state index >= 15 is 0 Å². The molecule has 4 nitrogen and oxygen atoms in total. The second-order valence-electron chi connectivity index (χ2n) is 5.69. The zero-order valence-electron chi connectivity index (χ0n) is 13.4. The minimum atomic E-state index is -0.0838. The van der Waals surface area contributed by atoms with E-state index in [2.05, 4.69) is 16.0 Å². The van der Waals surface area contributed by atoms with Gasteiger partial charge in [0.2, 0.25) is 0 Å². The molecule has 2 aromatic carbocycles. The van der Waals surface area contributed by atoms with E-state index in [0.29, 0.717) is 22.6 Å². The molecule has 0 spiro atoms. The van der Waals surface area contributed by atoms with Crippen molar-refractivity contribution in [3.05, 3.63) is 75.9 Å². The fourth-order valence-corrected chi connectivity index (χ4v) is 3.45. The smallest absolute Gasteiger partial charge is 0.261 e. The summed E-state index contributed by atoms with van der Waals surface area (Å²) >= 11 is 8.03. The van der Waals surface area contributed by atoms with Crippen LogP contribution >= 0.6 is 23.4 Å². The van der Waals surface area contributed by atoms with Crippen molar-refractivity contribution >= 4 is 45.2 Å². The molecule has 0 aliphatic carbocycles. The fraction of sp³-hybridized carbons (Fsp3) is 0.105. The minimum Gasteiger partial charge on any atom is -0.294 e. The monoisotopic (exact) mass is 367 g/mol. The van der Waals surface area contributed by atoms with Gasteiger partial charge in [0.25, 0.3) is 5.56 Å². The van der Waals surface area contributed by atoms with E-state index in [1.807, 2.05) is 42.7 Å². The summed E-state index contributed by atoms with van der Waals surface area (Å²) < 4.78 is 1.56. The zero-order valence-corrected chi connectivity index (χ0v) is 15.0. The van der Waals surface area contributed by atoms with Crippen LogP contribution in [-0.2, 0) is 6.54 Å². The van der Waals surface area contributed by atoms with E-state index in [1.165, 1.54) is 0 Å². The summed E-state index contributed by atoms with van der Waals surface area (Å²) in [6, 6.07) is 15.4. The Morgan fingerprint density at radius 2 is 1.96 bits per heavy atom. The van der Waals surface area contributed by atoms with Crippen molar-refractivity contribution in [2.45, 2.75) is 11.4 Å². The van der Waals surface area contributed by atoms with Crippen LogP contribution in [0.15, 0.2) is 64.5 Å². The Labute approximate surface area is 153 Å². The minimum absolute atomic E-state index is 0.0838. The molecule has 2 heterocycles. The number of pyridine rings is 1. The van der Waals surface area contributed by atoms with Crippen molar-refractivity contribution in [2.75, 3.05) is 6.26 Å². The molecule has 124 valence electrons. The topological polar surface area (TPSA) is 47.8 Å². The Hall–Kier alpha value is -2.37. The first-order valence-corrected chi connectivity index (χ1v) is 9.33. The van der Waals surface area contributed by atoms with Crippen LogP contribution in [0, 0.1) is 0 Å². The quantitative estimate of drug-likeness (QED) is 0.398. The van der Waals surface area contributed by atoms with Crippen LogP contribution < -0.4 is 5.56 Å². The Kier molecular flexibility index (Phi) is 4.19. The number of hydrogen-bond donors (Lipinski definition) is 0. The van der Waals surface area contributed by atoms with Gasteiger partial charge in [-0.05, 0) is 36.6 Å². The first-order valence-electron chi connectivity index (χ1n) is 7.73. The number of hydrogen-bond acceptors (Lipinski definition) is 4. The number of benzene rings is 2. The standard InChI is InChI=1S/C19H14ClN3OS/c1-25-14-7-6-12-8-13(18(20)22-17(12)9-14)10-23-11-21-16-5-3-2-4-15(16)19(23)24/h2-9,11H,10H2,1H3. The maximum Gasteiger partial charge on any atom is 0.261 e. The Morgan fingerprint density at radius 1 is 1.12 bits per heavy atom. The predicted molar refractivity (Wildman–Crippen MR) is 104 cm³/mol. The third-order valence-electron chi connectivity index (χ3n) is 4.12. The summed E-state index contributed by atoms with van der Waals surface area (Å²) in [5, 5.41) is 2.00. The lowest BCUT2D eigenvalue weighted by Gasteiger charge is -2.10. The van der Waals surface area contributed by atoms with Gasteiger partial charge in [-0.2, -0.15) is 0 Å². The van der Waals surface area contributed by atoms with Crippen molar-refractivity contribution < 1.29 is 0 Å². The molecule has 2 aromatic heterocycles. The average Bonchev–Trinajstić information content (AvgIpc) is 2.64. The average molecular weight is 368 g/mol. The van der Waals surface area contributed by atoms with Crippen molar-refractivity contribution in [3.63, 3.8) is 0 Å². The van der Waals surface area contributed by atoms with Crippen molar-refractivity contribution in [1.29, 1.82) is 0 Å². The van der Waals surface area contributed by atoms with Gasteiger partial charge < -0.3 is 0 Å². The highest BCUT2D eigenvalue weighted by Crippen LogP contribution is 2.25. The van der Waals surface area contributed by atoms with Crippen molar-refractivity contribution in [2.24, 2.45) is 0 Å². The van der Waals surface area contributed by atoms with Crippen LogP contribution in [0.4, 0.5) is 0 Å². The largest absolute Gasteiger partial charge is 0.294 e. The van der Waals surface area contributed by atoms with Gasteiger partial charge in [0.15, 0.2) is 0 Å². The summed E-state index contributed by atoms with van der Waals surface area (Å²) in [6.45, 7) is 0.336. The molecule has 0 saturated heterocycles. The molecule has 0 bridgehead atoms. The molecular formula is C19H14ClN3OS. The van der Waals surface area contributed by atoms with Crippen LogP contribution in [0.2, 0.25) is 5.15 Å². The highest BCUT2D eigenvalue weighted by molar-refractivity contribution is 7.98. The lowest BCUT2D eigenvalue weighted by Crippen LogP contribution is -2.21. The molecule has 25 heavy (non-hydrogen) atoms. The number of halogens is 1. The van der Waals surface area contributed by atoms with Crippen LogP contribution in [0.25, 0.3) is 21.8 Å². The SMILES string of the molecule is CSc1ccc2cc(Cn3cnc4ccccc4c3=O)c(Cl)nc2c1. The summed E-state index contributed by atoms with van der Waals surface area (Å²) in [6.07, 6.45) is 3.58. The molecule has 4 aromatic rings. The molecule has 0 fully saturated rings. The second-order valence-corrected chi connectivity index (χ2v) is 6.93. The summed E-state index contributed by atoms with van der Waals surface area (Å²) in [4.78, 5) is 22.6. The molecule has 4 rings (SSSR count). The highest BCUT2D eigenvalue weighted by Gasteiger charge is 2.09. The van der Waals surface area contributed by atoms with Crippen LogP contribution in [-0.4, -0.2) is 20.8 Å². The predicted octanol–water partition coefficient (Wildman–Crippen LogP) is 4.37. The first-order chi connectivity index (χ1) is 12.2. The highest BCUT2D eigenvalue weighted by atomic mass is 35.5. The molecule has 0 radical (unpaired) electrons. The molecular weight excluding hydrogens is 354 g/mol. The summed E-state index contributed by atoms with van der Waals surface area (Å²) in [5.41, 5.74) is 2.26. The Balaban J connectivity index is 1.79. The van der Waals surface area contributed by atoms with E-state index in [0.717, 1.165) is 21.4 Å². The third-order valence-corrected chi connectivity index (χ3v) is 5.18. The summed E-state index contributed by atoms with van der Waals surface area (Å²) in [5.74, 6) is 0. The number of nitrogens with zero attached hydrogens (tertiary/aromatic N) is 3. The number of fused-ring (bicyclic) bond motifs is 2. The van der Waals surface area contributed by atoms with E-state index < -0.39 is 0 Å². The van der Waals surface area contributed by atoms with E-state index in [-0.39, 0.29) is 5.56 Å². The molecule has 6 heteroatoms. The fourth-order valence-electron chi connectivity index (χ4n) is 2.81. The zero-order chi connectivity index (χ0) is 17.4. The molecule has 0 aliphatic rings. The number of para-hydroxylation sites is 1. The first kappa shape index (κ1) is 16.1. The van der Waals surface area contributed by atoms with Gasteiger partial charge in [0, 0.05) is 15.8 Å². The van der Waals surface area contributed by atoms with Gasteiger partial charge >= 0.3 is 0 Å².